The summed E-state index contributed by atoms with van der Waals surface area (Å²) in [7, 11) is -3.57. The molecule has 1 aliphatic heterocycles. The zero-order valence-electron chi connectivity index (χ0n) is 14.3. The highest BCUT2D eigenvalue weighted by atomic mass is 35.5. The predicted molar refractivity (Wildman–Crippen MR) is 99.1 cm³/mol. The van der Waals surface area contributed by atoms with E-state index in [9.17, 15) is 22.0 Å². The Morgan fingerprint density at radius 2 is 1.86 bits per heavy atom. The maximum Gasteiger partial charge on any atom is 0.259 e. The quantitative estimate of drug-likeness (QED) is 0.764. The van der Waals surface area contributed by atoms with E-state index < -0.39 is 38.9 Å². The van der Waals surface area contributed by atoms with Crippen molar-refractivity contribution in [1.29, 1.82) is 0 Å². The van der Waals surface area contributed by atoms with Crippen LogP contribution in [0.1, 0.15) is 34.8 Å². The molecule has 0 aromatic heterocycles. The maximum absolute atomic E-state index is 14.4. The third-order valence-electron chi connectivity index (χ3n) is 4.58. The number of ether oxygens (including phenoxy) is 1. The Balaban J connectivity index is 1.61. The highest BCUT2D eigenvalue weighted by Crippen LogP contribution is 2.39. The van der Waals surface area contributed by atoms with Gasteiger partial charge in [0.2, 0.25) is 10.0 Å². The summed E-state index contributed by atoms with van der Waals surface area (Å²) in [6, 6.07) is 5.09. The Bertz CT molecular complexity index is 1070. The van der Waals surface area contributed by atoms with Crippen molar-refractivity contribution in [2.45, 2.75) is 24.1 Å². The molecule has 0 radical (unpaired) electrons. The normalized spacial score (nSPS) is 18.5. The third kappa shape index (κ3) is 3.57. The van der Waals surface area contributed by atoms with Gasteiger partial charge in [-0.25, -0.2) is 21.9 Å². The Morgan fingerprint density at radius 3 is 2.54 bits per heavy atom. The van der Waals surface area contributed by atoms with E-state index in [0.29, 0.717) is 12.8 Å². The molecule has 1 heterocycles. The number of halogens is 3. The van der Waals surface area contributed by atoms with Gasteiger partial charge in [0, 0.05) is 5.69 Å². The molecule has 1 aliphatic carbocycles. The van der Waals surface area contributed by atoms with Gasteiger partial charge in [-0.3, -0.25) is 4.79 Å². The zero-order chi connectivity index (χ0) is 20.1. The van der Waals surface area contributed by atoms with Crippen molar-refractivity contribution < 1.29 is 26.7 Å². The van der Waals surface area contributed by atoms with Gasteiger partial charge in [0.25, 0.3) is 5.91 Å². The Labute approximate surface area is 164 Å². The summed E-state index contributed by atoms with van der Waals surface area (Å²) in [5.41, 5.74) is 0.275. The van der Waals surface area contributed by atoms with E-state index in [1.807, 2.05) is 0 Å². The third-order valence-corrected chi connectivity index (χ3v) is 6.83. The van der Waals surface area contributed by atoms with Crippen LogP contribution in [0, 0.1) is 11.6 Å². The molecule has 1 saturated carbocycles. The first-order valence-corrected chi connectivity index (χ1v) is 10.4. The smallest absolute Gasteiger partial charge is 0.259 e. The SMILES string of the molecule is O=C(Nc1ccc(F)c(Cl)c1)c1ccc(F)c2c1OCC2NS(=O)(=O)C1CC1. The van der Waals surface area contributed by atoms with Crippen molar-refractivity contribution >= 4 is 33.2 Å². The first-order valence-electron chi connectivity index (χ1n) is 8.49. The van der Waals surface area contributed by atoms with Crippen LogP contribution in [-0.4, -0.2) is 26.2 Å². The van der Waals surface area contributed by atoms with Gasteiger partial charge in [-0.1, -0.05) is 11.6 Å². The lowest BCUT2D eigenvalue weighted by molar-refractivity contribution is 0.102. The monoisotopic (exact) mass is 428 g/mol. The topological polar surface area (TPSA) is 84.5 Å². The van der Waals surface area contributed by atoms with E-state index in [0.717, 1.165) is 12.1 Å². The number of anilines is 1. The summed E-state index contributed by atoms with van der Waals surface area (Å²) in [4.78, 5) is 12.6. The van der Waals surface area contributed by atoms with Gasteiger partial charge >= 0.3 is 0 Å². The average molecular weight is 429 g/mol. The minimum absolute atomic E-state index is 0.00554. The van der Waals surface area contributed by atoms with Gasteiger partial charge in [-0.05, 0) is 43.2 Å². The lowest BCUT2D eigenvalue weighted by atomic mass is 10.0. The molecule has 0 spiro atoms. The highest BCUT2D eigenvalue weighted by molar-refractivity contribution is 7.90. The molecule has 0 bridgehead atoms. The molecule has 1 atom stereocenters. The van der Waals surface area contributed by atoms with Crippen LogP contribution >= 0.6 is 11.6 Å². The number of carbonyl (C=O) groups excluding carboxylic acids is 1. The summed E-state index contributed by atoms with van der Waals surface area (Å²) in [6.07, 6.45) is 1.14. The molecule has 6 nitrogen and oxygen atoms in total. The summed E-state index contributed by atoms with van der Waals surface area (Å²) < 4.78 is 59.9. The van der Waals surface area contributed by atoms with Gasteiger partial charge in [-0.15, -0.1) is 0 Å². The number of fused-ring (bicyclic) bond motifs is 1. The van der Waals surface area contributed by atoms with E-state index in [1.165, 1.54) is 18.2 Å². The van der Waals surface area contributed by atoms with Crippen LogP contribution in [0.5, 0.6) is 5.75 Å². The van der Waals surface area contributed by atoms with Gasteiger partial charge < -0.3 is 10.1 Å². The predicted octanol–water partition coefficient (Wildman–Crippen LogP) is 3.39. The molecule has 4 rings (SSSR count). The fourth-order valence-electron chi connectivity index (χ4n) is 3.02. The number of hydrogen-bond donors (Lipinski definition) is 2. The van der Waals surface area contributed by atoms with Gasteiger partial charge in [0.15, 0.2) is 0 Å². The zero-order valence-corrected chi connectivity index (χ0v) is 15.9. The van der Waals surface area contributed by atoms with Crippen LogP contribution in [-0.2, 0) is 10.0 Å². The van der Waals surface area contributed by atoms with E-state index in [1.54, 1.807) is 0 Å². The number of benzene rings is 2. The van der Waals surface area contributed by atoms with Gasteiger partial charge in [0.1, 0.15) is 24.0 Å². The Hall–Kier alpha value is -2.23. The molecule has 1 fully saturated rings. The average Bonchev–Trinajstić information content (AvgIpc) is 3.42. The molecule has 10 heteroatoms. The van der Waals surface area contributed by atoms with Crippen molar-refractivity contribution in [3.05, 3.63) is 58.1 Å². The second-order valence-electron chi connectivity index (χ2n) is 6.65. The highest BCUT2D eigenvalue weighted by Gasteiger charge is 2.40. The number of carbonyl (C=O) groups is 1. The van der Waals surface area contributed by atoms with Gasteiger partial charge in [0.05, 0.1) is 27.4 Å². The molecule has 2 N–H and O–H groups in total. The van der Waals surface area contributed by atoms with Crippen LogP contribution in [0.25, 0.3) is 0 Å². The molecule has 1 unspecified atom stereocenters. The molecule has 1 amide bonds. The number of sulfonamides is 1. The maximum atomic E-state index is 14.4. The number of amides is 1. The second-order valence-corrected chi connectivity index (χ2v) is 9.05. The molecule has 2 aromatic rings. The van der Waals surface area contributed by atoms with Crippen molar-refractivity contribution in [2.75, 3.05) is 11.9 Å². The van der Waals surface area contributed by atoms with Crippen molar-refractivity contribution in [3.8, 4) is 5.75 Å². The van der Waals surface area contributed by atoms with Crippen LogP contribution in [0.3, 0.4) is 0 Å². The molecular weight excluding hydrogens is 414 g/mol. The minimum Gasteiger partial charge on any atom is -0.490 e. The minimum atomic E-state index is -3.57. The van der Waals surface area contributed by atoms with Crippen LogP contribution in [0.2, 0.25) is 5.02 Å². The molecule has 2 aliphatic rings. The molecule has 148 valence electrons. The van der Waals surface area contributed by atoms with E-state index in [4.69, 9.17) is 16.3 Å². The Morgan fingerprint density at radius 1 is 1.14 bits per heavy atom. The first-order chi connectivity index (χ1) is 13.3. The van der Waals surface area contributed by atoms with Crippen molar-refractivity contribution in [1.82, 2.24) is 4.72 Å². The van der Waals surface area contributed by atoms with E-state index in [2.05, 4.69) is 10.0 Å². The molecular formula is C18H15ClF2N2O4S. The standard InChI is InChI=1S/C18H15ClF2N2O4S/c19-12-7-9(1-5-13(12)20)22-18(24)11-4-6-14(21)16-15(8-27-17(11)16)23-28(25,26)10-2-3-10/h1,4-7,10,15,23H,2-3,8H2,(H,22,24). The number of nitrogens with one attached hydrogen (secondary N) is 2. The molecule has 0 saturated heterocycles. The molecule has 2 aromatic carbocycles. The van der Waals surface area contributed by atoms with Crippen molar-refractivity contribution in [3.63, 3.8) is 0 Å². The van der Waals surface area contributed by atoms with Crippen LogP contribution in [0.15, 0.2) is 30.3 Å². The van der Waals surface area contributed by atoms with Crippen LogP contribution in [0.4, 0.5) is 14.5 Å². The van der Waals surface area contributed by atoms with E-state index in [-0.39, 0.29) is 34.2 Å². The van der Waals surface area contributed by atoms with Crippen molar-refractivity contribution in [2.24, 2.45) is 0 Å². The Kier molecular flexibility index (Phi) is 4.76. The summed E-state index contributed by atoms with van der Waals surface area (Å²) in [6.45, 7) is -0.120. The largest absolute Gasteiger partial charge is 0.490 e. The fourth-order valence-corrected chi connectivity index (χ4v) is 4.73. The lowest BCUT2D eigenvalue weighted by Crippen LogP contribution is -2.32. The summed E-state index contributed by atoms with van der Waals surface area (Å²) in [5, 5.41) is 1.91. The van der Waals surface area contributed by atoms with Gasteiger partial charge in [-0.2, -0.15) is 0 Å². The van der Waals surface area contributed by atoms with Crippen LogP contribution < -0.4 is 14.8 Å². The second kappa shape index (κ2) is 6.98. The summed E-state index contributed by atoms with van der Waals surface area (Å²) in [5.74, 6) is -1.94. The summed E-state index contributed by atoms with van der Waals surface area (Å²) >= 11 is 5.70. The first kappa shape index (κ1) is 19.1. The molecule has 28 heavy (non-hydrogen) atoms. The number of hydrogen-bond acceptors (Lipinski definition) is 4. The lowest BCUT2D eigenvalue weighted by Gasteiger charge is -2.13. The number of rotatable bonds is 5. The fraction of sp³-hybridized carbons (Fsp3) is 0.278. The van der Waals surface area contributed by atoms with E-state index >= 15 is 0 Å².